The van der Waals surface area contributed by atoms with Crippen molar-refractivity contribution in [2.24, 2.45) is 0 Å². The van der Waals surface area contributed by atoms with E-state index in [0.717, 1.165) is 0 Å². The van der Waals surface area contributed by atoms with Crippen LogP contribution in [0.2, 0.25) is 0 Å². The zero-order chi connectivity index (χ0) is 3.41. The Bertz CT molecular complexity index is 14.4. The first kappa shape index (κ1) is 36.9. The van der Waals surface area contributed by atoms with E-state index in [4.69, 9.17) is 14.3 Å². The molecule has 0 aliphatic rings. The van der Waals surface area contributed by atoms with E-state index in [0.29, 0.717) is 0 Å². The molecule has 0 aromatic carbocycles. The fourth-order valence-corrected chi connectivity index (χ4v) is 0. The summed E-state index contributed by atoms with van der Waals surface area (Å²) in [5, 5.41) is 7.79. The molecule has 0 heterocycles. The molecule has 0 aromatic rings. The normalized spacial score (nSPS) is 4.25. The third-order valence-electron chi connectivity index (χ3n) is 0.0360. The molecule has 5 nitrogen and oxygen atoms in total. The van der Waals surface area contributed by atoms with Crippen LogP contribution < -0.4 is 0 Å². The van der Waals surface area contributed by atoms with Crippen LogP contribution in [0.3, 0.4) is 0 Å². The molecule has 63 valence electrons. The minimum atomic E-state index is -0.279. The SMILES string of the molecule is O.O.O.O.O[CH2][Au][Cl]. The molecule has 0 spiro atoms. The van der Waals surface area contributed by atoms with Gasteiger partial charge in [-0.25, -0.2) is 0 Å². The molecule has 0 atom stereocenters. The van der Waals surface area contributed by atoms with Gasteiger partial charge in [-0.2, -0.15) is 0 Å². The van der Waals surface area contributed by atoms with Crippen LogP contribution in [-0.2, 0) is 18.7 Å². The summed E-state index contributed by atoms with van der Waals surface area (Å²) in [4.78, 5) is 0.182. The number of hydrogen-bond donors (Lipinski definition) is 1. The maximum absolute atomic E-state index is 7.79. The summed E-state index contributed by atoms with van der Waals surface area (Å²) in [6.07, 6.45) is 0. The van der Waals surface area contributed by atoms with Crippen LogP contribution >= 0.6 is 9.19 Å². The summed E-state index contributed by atoms with van der Waals surface area (Å²) in [5.74, 6) is 0. The molecule has 0 aliphatic carbocycles. The van der Waals surface area contributed by atoms with E-state index >= 15 is 0 Å². The van der Waals surface area contributed by atoms with Gasteiger partial charge in [-0.3, -0.25) is 0 Å². The number of aliphatic hydroxyl groups is 1. The molecule has 0 rings (SSSR count). The van der Waals surface area contributed by atoms with Gasteiger partial charge in [0, 0.05) is 0 Å². The van der Waals surface area contributed by atoms with Crippen molar-refractivity contribution in [3.8, 4) is 0 Å². The van der Waals surface area contributed by atoms with E-state index in [1.54, 1.807) is 0 Å². The molecule has 0 bridgehead atoms. The van der Waals surface area contributed by atoms with Gasteiger partial charge in [-0.1, -0.05) is 0 Å². The zero-order valence-electron chi connectivity index (χ0n) is 3.83. The molecule has 0 aliphatic heterocycles. The van der Waals surface area contributed by atoms with E-state index in [1.807, 2.05) is 0 Å². The van der Waals surface area contributed by atoms with Crippen molar-refractivity contribution in [2.45, 2.75) is 0 Å². The Hall–Kier alpha value is 0.830. The van der Waals surface area contributed by atoms with E-state index in [1.165, 1.54) is 0 Å². The van der Waals surface area contributed by atoms with Crippen molar-refractivity contribution >= 4 is 9.19 Å². The van der Waals surface area contributed by atoms with Crippen molar-refractivity contribution in [2.75, 3.05) is 4.82 Å². The summed E-state index contributed by atoms with van der Waals surface area (Å²) in [5.41, 5.74) is 0. The number of halogens is 1. The van der Waals surface area contributed by atoms with Crippen LogP contribution in [0.1, 0.15) is 0 Å². The topological polar surface area (TPSA) is 146 Å². The van der Waals surface area contributed by atoms with E-state index in [2.05, 4.69) is 0 Å². The Morgan fingerprint density at radius 2 is 1.25 bits per heavy atom. The Morgan fingerprint density at radius 3 is 1.25 bits per heavy atom. The van der Waals surface area contributed by atoms with Crippen LogP contribution in [0.4, 0.5) is 0 Å². The van der Waals surface area contributed by atoms with Crippen molar-refractivity contribution < 1.29 is 45.7 Å². The fraction of sp³-hybridized carbons (Fsp3) is 1.00. The summed E-state index contributed by atoms with van der Waals surface area (Å²) in [7, 11) is 5.03. The van der Waals surface area contributed by atoms with Gasteiger partial charge in [-0.15, -0.1) is 0 Å². The van der Waals surface area contributed by atoms with Gasteiger partial charge in [0.05, 0.1) is 0 Å². The number of aliphatic hydroxyl groups excluding tert-OH is 1. The number of rotatable bonds is 1. The molecule has 0 aromatic heterocycles. The monoisotopic (exact) mass is 335 g/mol. The van der Waals surface area contributed by atoms with Crippen LogP contribution in [0.15, 0.2) is 0 Å². The molecule has 8 heavy (non-hydrogen) atoms. The molecule has 0 amide bonds. The molecular weight excluding hydrogens is 324 g/mol. The van der Waals surface area contributed by atoms with Gasteiger partial charge in [0.15, 0.2) is 0 Å². The Balaban J connectivity index is -0.00000000750. The molecule has 0 saturated heterocycles. The van der Waals surface area contributed by atoms with Crippen LogP contribution in [0.5, 0.6) is 0 Å². The Morgan fingerprint density at radius 1 is 1.12 bits per heavy atom. The maximum atomic E-state index is 7.79. The van der Waals surface area contributed by atoms with E-state index in [9.17, 15) is 0 Å². The minimum absolute atomic E-state index is 0. The Labute approximate surface area is 60.0 Å². The fourth-order valence-electron chi connectivity index (χ4n) is 0. The summed E-state index contributed by atoms with van der Waals surface area (Å²) >= 11 is -0.279. The second-order valence-corrected chi connectivity index (χ2v) is 2.76. The van der Waals surface area contributed by atoms with Crippen LogP contribution in [0, 0.1) is 0 Å². The van der Waals surface area contributed by atoms with E-state index in [-0.39, 0.29) is 45.4 Å². The zero-order valence-corrected chi connectivity index (χ0v) is 6.76. The van der Waals surface area contributed by atoms with Gasteiger partial charge >= 0.3 is 37.8 Å². The van der Waals surface area contributed by atoms with Gasteiger partial charge in [-0.05, 0) is 0 Å². The third kappa shape index (κ3) is 69.3. The second-order valence-electron chi connectivity index (χ2n) is 0.176. The van der Waals surface area contributed by atoms with Crippen molar-refractivity contribution in [3.63, 3.8) is 0 Å². The first-order chi connectivity index (χ1) is 1.91. The molecule has 9 N–H and O–H groups in total. The van der Waals surface area contributed by atoms with Crippen LogP contribution in [-0.4, -0.2) is 31.8 Å². The third-order valence-corrected chi connectivity index (χ3v) is 0.885. The molecule has 7 heteroatoms. The average molecular weight is 336 g/mol. The van der Waals surface area contributed by atoms with Crippen LogP contribution in [0.25, 0.3) is 0 Å². The summed E-state index contributed by atoms with van der Waals surface area (Å²) in [6, 6.07) is 0. The van der Waals surface area contributed by atoms with Gasteiger partial charge in [0.2, 0.25) is 0 Å². The summed E-state index contributed by atoms with van der Waals surface area (Å²) in [6.45, 7) is 0. The molecule has 0 saturated carbocycles. The Kier molecular flexibility index (Phi) is 210. The predicted molar refractivity (Wildman–Crippen MR) is 27.4 cm³/mol. The average Bonchev–Trinajstić information content (AvgIpc) is 1.37. The van der Waals surface area contributed by atoms with Crippen molar-refractivity contribution in [3.05, 3.63) is 0 Å². The van der Waals surface area contributed by atoms with Crippen molar-refractivity contribution in [1.29, 1.82) is 0 Å². The second kappa shape index (κ2) is 45.6. The molecule has 0 radical (unpaired) electrons. The quantitative estimate of drug-likeness (QED) is 0.496. The molecule has 0 fully saturated rings. The predicted octanol–water partition coefficient (Wildman–Crippen LogP) is -3.13. The number of hydrogen-bond acceptors (Lipinski definition) is 1. The first-order valence-electron chi connectivity index (χ1n) is 0.643. The van der Waals surface area contributed by atoms with Gasteiger partial charge in [0.25, 0.3) is 0 Å². The summed E-state index contributed by atoms with van der Waals surface area (Å²) < 4.78 is 0. The van der Waals surface area contributed by atoms with Crippen molar-refractivity contribution in [1.82, 2.24) is 0 Å². The van der Waals surface area contributed by atoms with Gasteiger partial charge < -0.3 is 21.9 Å². The van der Waals surface area contributed by atoms with Gasteiger partial charge in [0.1, 0.15) is 0 Å². The first-order valence-corrected chi connectivity index (χ1v) is 4.86. The molecular formula is CH11AuClO5. The van der Waals surface area contributed by atoms with E-state index < -0.39 is 0 Å². The standard InChI is InChI=1S/CH3O.Au.ClH.4H2O/c1-2;;;;;;/h2H,1H2;;1H;4*1H2/q;+1;;;;;/p-1. The molecule has 0 unspecified atom stereocenters.